The molecule has 8 nitrogen and oxygen atoms in total. The number of urea groups is 2. The number of nitrogens with one attached hydrogen (secondary N) is 3. The number of hydrogen-bond donors (Lipinski definition) is 4. The van der Waals surface area contributed by atoms with E-state index in [4.69, 9.17) is 5.11 Å². The third kappa shape index (κ3) is 3.13. The molecule has 2 rings (SSSR count). The number of nitrogens with zero attached hydrogens (tertiary/aromatic N) is 1. The fourth-order valence-corrected chi connectivity index (χ4v) is 2.34. The highest BCUT2D eigenvalue weighted by atomic mass is 32.1. The average molecular weight is 284 g/mol. The second-order valence-electron chi connectivity index (χ2n) is 3.76. The first-order chi connectivity index (χ1) is 9.08. The number of carboxylic acids is 1. The molecule has 0 spiro atoms. The summed E-state index contributed by atoms with van der Waals surface area (Å²) < 4.78 is 0. The van der Waals surface area contributed by atoms with Crippen LogP contribution in [0.15, 0.2) is 17.5 Å². The highest BCUT2D eigenvalue weighted by Crippen LogP contribution is 2.18. The maximum Gasteiger partial charge on any atom is 0.336 e. The first kappa shape index (κ1) is 13.1. The summed E-state index contributed by atoms with van der Waals surface area (Å²) in [5.74, 6) is -1.16. The lowest BCUT2D eigenvalue weighted by atomic mass is 10.2. The number of hydrazine groups is 1. The van der Waals surface area contributed by atoms with Crippen LogP contribution in [-0.4, -0.2) is 41.2 Å². The highest BCUT2D eigenvalue weighted by Gasteiger charge is 2.26. The van der Waals surface area contributed by atoms with Gasteiger partial charge in [-0.2, -0.15) is 0 Å². The summed E-state index contributed by atoms with van der Waals surface area (Å²) in [5, 5.41) is 16.7. The van der Waals surface area contributed by atoms with Crippen molar-refractivity contribution in [1.29, 1.82) is 0 Å². The van der Waals surface area contributed by atoms with Crippen molar-refractivity contribution in [2.24, 2.45) is 0 Å². The zero-order valence-electron chi connectivity index (χ0n) is 9.75. The van der Waals surface area contributed by atoms with Gasteiger partial charge in [-0.15, -0.1) is 11.3 Å². The van der Waals surface area contributed by atoms with E-state index in [0.717, 1.165) is 5.01 Å². The Morgan fingerprint density at radius 1 is 1.53 bits per heavy atom. The van der Waals surface area contributed by atoms with E-state index < -0.39 is 24.1 Å². The van der Waals surface area contributed by atoms with Crippen molar-refractivity contribution < 1.29 is 19.5 Å². The van der Waals surface area contributed by atoms with Gasteiger partial charge in [0.1, 0.15) is 0 Å². The van der Waals surface area contributed by atoms with Crippen molar-refractivity contribution in [1.82, 2.24) is 21.1 Å². The number of carboxylic acid groups (broad SMARTS) is 1. The van der Waals surface area contributed by atoms with E-state index in [0.29, 0.717) is 18.0 Å². The molecular weight excluding hydrogens is 272 g/mol. The SMILES string of the molecule is O=C(NC(C(=O)O)c1cccs1)NN1CCNC1=O. The van der Waals surface area contributed by atoms with Crippen LogP contribution in [0.2, 0.25) is 0 Å². The molecule has 0 radical (unpaired) electrons. The Labute approximate surface area is 112 Å². The van der Waals surface area contributed by atoms with Gasteiger partial charge in [-0.3, -0.25) is 0 Å². The van der Waals surface area contributed by atoms with E-state index in [1.165, 1.54) is 11.3 Å². The van der Waals surface area contributed by atoms with E-state index >= 15 is 0 Å². The fraction of sp³-hybridized carbons (Fsp3) is 0.300. The lowest BCUT2D eigenvalue weighted by Gasteiger charge is -2.18. The lowest BCUT2D eigenvalue weighted by Crippen LogP contribution is -2.50. The summed E-state index contributed by atoms with van der Waals surface area (Å²) in [4.78, 5) is 34.5. The molecule has 1 unspecified atom stereocenters. The van der Waals surface area contributed by atoms with Gasteiger partial charge in [-0.05, 0) is 11.4 Å². The lowest BCUT2D eigenvalue weighted by molar-refractivity contribution is -0.139. The van der Waals surface area contributed by atoms with Crippen molar-refractivity contribution >= 4 is 29.4 Å². The quantitative estimate of drug-likeness (QED) is 0.629. The Bertz CT molecular complexity index is 490. The predicted octanol–water partition coefficient (Wildman–Crippen LogP) is 0.113. The predicted molar refractivity (Wildman–Crippen MR) is 66.5 cm³/mol. The van der Waals surface area contributed by atoms with Gasteiger partial charge in [0, 0.05) is 11.4 Å². The Morgan fingerprint density at radius 2 is 2.32 bits per heavy atom. The van der Waals surface area contributed by atoms with E-state index in [-0.39, 0.29) is 0 Å². The summed E-state index contributed by atoms with van der Waals surface area (Å²) >= 11 is 1.23. The number of thiophene rings is 1. The largest absolute Gasteiger partial charge is 0.479 e. The van der Waals surface area contributed by atoms with Gasteiger partial charge in [-0.1, -0.05) is 6.07 Å². The number of amides is 4. The topological polar surface area (TPSA) is 111 Å². The van der Waals surface area contributed by atoms with Crippen LogP contribution in [0.3, 0.4) is 0 Å². The fourth-order valence-electron chi connectivity index (χ4n) is 1.57. The minimum Gasteiger partial charge on any atom is -0.479 e. The van der Waals surface area contributed by atoms with Gasteiger partial charge >= 0.3 is 18.0 Å². The molecule has 0 bridgehead atoms. The van der Waals surface area contributed by atoms with Crippen LogP contribution in [-0.2, 0) is 4.79 Å². The molecule has 4 N–H and O–H groups in total. The third-order valence-corrected chi connectivity index (χ3v) is 3.38. The molecule has 2 heterocycles. The minimum atomic E-state index is -1.16. The van der Waals surface area contributed by atoms with Crippen molar-refractivity contribution in [2.75, 3.05) is 13.1 Å². The molecule has 102 valence electrons. The maximum absolute atomic E-state index is 11.7. The number of carbonyl (C=O) groups excluding carboxylic acids is 2. The summed E-state index contributed by atoms with van der Waals surface area (Å²) in [6.07, 6.45) is 0. The average Bonchev–Trinajstić information content (AvgIpc) is 2.98. The zero-order chi connectivity index (χ0) is 13.8. The molecule has 19 heavy (non-hydrogen) atoms. The number of hydrogen-bond acceptors (Lipinski definition) is 4. The minimum absolute atomic E-state index is 0.336. The van der Waals surface area contributed by atoms with E-state index in [9.17, 15) is 14.4 Å². The van der Waals surface area contributed by atoms with Gasteiger partial charge in [0.05, 0.1) is 6.54 Å². The molecule has 1 aromatic heterocycles. The second-order valence-corrected chi connectivity index (χ2v) is 4.73. The molecular formula is C10H12N4O4S. The maximum atomic E-state index is 11.7. The van der Waals surface area contributed by atoms with E-state index in [1.807, 2.05) is 0 Å². The third-order valence-electron chi connectivity index (χ3n) is 2.44. The Kier molecular flexibility index (Phi) is 3.85. The summed E-state index contributed by atoms with van der Waals surface area (Å²) in [6, 6.07) is 1.03. The van der Waals surface area contributed by atoms with Gasteiger partial charge in [-0.25, -0.2) is 24.8 Å². The Hall–Kier alpha value is -2.29. The van der Waals surface area contributed by atoms with Crippen LogP contribution in [0.5, 0.6) is 0 Å². The van der Waals surface area contributed by atoms with Crippen LogP contribution in [0.4, 0.5) is 9.59 Å². The molecule has 1 saturated heterocycles. The van der Waals surface area contributed by atoms with E-state index in [1.54, 1.807) is 17.5 Å². The monoisotopic (exact) mass is 284 g/mol. The number of rotatable bonds is 4. The van der Waals surface area contributed by atoms with Gasteiger partial charge in [0.15, 0.2) is 6.04 Å². The van der Waals surface area contributed by atoms with Crippen molar-refractivity contribution in [3.05, 3.63) is 22.4 Å². The number of aliphatic carboxylic acids is 1. The van der Waals surface area contributed by atoms with Crippen LogP contribution in [0.1, 0.15) is 10.9 Å². The zero-order valence-corrected chi connectivity index (χ0v) is 10.6. The Balaban J connectivity index is 1.96. The first-order valence-corrected chi connectivity index (χ1v) is 6.34. The smallest absolute Gasteiger partial charge is 0.336 e. The number of carbonyl (C=O) groups is 3. The summed E-state index contributed by atoms with van der Waals surface area (Å²) in [5.41, 5.74) is 2.29. The Morgan fingerprint density at radius 3 is 2.84 bits per heavy atom. The molecule has 1 aliphatic heterocycles. The first-order valence-electron chi connectivity index (χ1n) is 5.46. The van der Waals surface area contributed by atoms with Crippen molar-refractivity contribution in [3.63, 3.8) is 0 Å². The molecule has 1 atom stereocenters. The van der Waals surface area contributed by atoms with Crippen molar-refractivity contribution in [2.45, 2.75) is 6.04 Å². The molecule has 0 aromatic carbocycles. The van der Waals surface area contributed by atoms with Gasteiger partial charge in [0.25, 0.3) is 0 Å². The van der Waals surface area contributed by atoms with Crippen LogP contribution < -0.4 is 16.1 Å². The molecule has 4 amide bonds. The van der Waals surface area contributed by atoms with Crippen molar-refractivity contribution in [3.8, 4) is 0 Å². The molecule has 9 heteroatoms. The second kappa shape index (κ2) is 5.57. The highest BCUT2D eigenvalue weighted by molar-refractivity contribution is 7.10. The van der Waals surface area contributed by atoms with Gasteiger partial charge in [0.2, 0.25) is 0 Å². The van der Waals surface area contributed by atoms with E-state index in [2.05, 4.69) is 16.1 Å². The van der Waals surface area contributed by atoms with Crippen LogP contribution in [0, 0.1) is 0 Å². The molecule has 1 aliphatic rings. The van der Waals surface area contributed by atoms with Gasteiger partial charge < -0.3 is 15.7 Å². The summed E-state index contributed by atoms with van der Waals surface area (Å²) in [7, 11) is 0. The van der Waals surface area contributed by atoms with Crippen LogP contribution in [0.25, 0.3) is 0 Å². The normalized spacial score (nSPS) is 15.8. The summed E-state index contributed by atoms with van der Waals surface area (Å²) in [6.45, 7) is 0.773. The standard InChI is InChI=1S/C10H12N4O4S/c15-8(16)7(6-2-1-5-19-6)12-9(17)13-14-4-3-11-10(14)18/h1-2,5,7H,3-4H2,(H,11,18)(H,15,16)(H2,12,13,17). The molecule has 1 aromatic rings. The molecule has 1 fully saturated rings. The molecule has 0 aliphatic carbocycles. The van der Waals surface area contributed by atoms with Crippen LogP contribution >= 0.6 is 11.3 Å². The molecule has 0 saturated carbocycles.